The Kier molecular flexibility index (Phi) is 1.90. The zero-order valence-electron chi connectivity index (χ0n) is 7.20. The van der Waals surface area contributed by atoms with Crippen LogP contribution in [0.3, 0.4) is 0 Å². The summed E-state index contributed by atoms with van der Waals surface area (Å²) in [5, 5.41) is 0. The van der Waals surface area contributed by atoms with Crippen molar-refractivity contribution >= 4 is 12.8 Å². The summed E-state index contributed by atoms with van der Waals surface area (Å²) in [6.45, 7) is 6.95. The van der Waals surface area contributed by atoms with E-state index in [0.29, 0.717) is 6.04 Å². The van der Waals surface area contributed by atoms with E-state index in [1.165, 1.54) is 13.0 Å². The molecular formula is C8H16N2S. The number of hydrogen-bond donors (Lipinski definition) is 1. The highest BCUT2D eigenvalue weighted by Gasteiger charge is 2.42. The fourth-order valence-electron chi connectivity index (χ4n) is 2.31. The number of hydrogen-bond acceptors (Lipinski definition) is 3. The minimum atomic E-state index is 0.715. The van der Waals surface area contributed by atoms with Gasteiger partial charge in [-0.1, -0.05) is 12.8 Å². The fraction of sp³-hybridized carbons (Fsp3) is 1.00. The van der Waals surface area contributed by atoms with Gasteiger partial charge in [0.2, 0.25) is 0 Å². The Labute approximate surface area is 74.1 Å². The number of piperazine rings is 1. The predicted octanol–water partition coefficient (Wildman–Crippen LogP) is 0.998. The van der Waals surface area contributed by atoms with Gasteiger partial charge in [0.1, 0.15) is 0 Å². The first kappa shape index (κ1) is 7.90. The van der Waals surface area contributed by atoms with Crippen molar-refractivity contribution in [3.05, 3.63) is 0 Å². The molecule has 2 aliphatic heterocycles. The third-order valence-electron chi connectivity index (χ3n) is 2.92. The largest absolute Gasteiger partial charge is 0.295 e. The molecule has 0 aromatic carbocycles. The van der Waals surface area contributed by atoms with Crippen LogP contribution in [-0.4, -0.2) is 40.4 Å². The maximum Gasteiger partial charge on any atom is 0.0343 e. The van der Waals surface area contributed by atoms with Crippen LogP contribution >= 0.6 is 12.8 Å². The van der Waals surface area contributed by atoms with Gasteiger partial charge in [-0.3, -0.25) is 4.90 Å². The van der Waals surface area contributed by atoms with Crippen LogP contribution in [0.15, 0.2) is 0 Å². The van der Waals surface area contributed by atoms with E-state index in [9.17, 15) is 0 Å². The van der Waals surface area contributed by atoms with Crippen LogP contribution in [0.4, 0.5) is 0 Å². The molecular weight excluding hydrogens is 156 g/mol. The van der Waals surface area contributed by atoms with Crippen molar-refractivity contribution in [1.82, 2.24) is 9.21 Å². The SMILES string of the molecule is CC(C)N1CC2CC1CN2S. The number of fused-ring (bicyclic) bond motifs is 2. The first-order chi connectivity index (χ1) is 5.18. The average molecular weight is 172 g/mol. The van der Waals surface area contributed by atoms with E-state index >= 15 is 0 Å². The number of nitrogens with zero attached hydrogens (tertiary/aromatic N) is 2. The highest BCUT2D eigenvalue weighted by Crippen LogP contribution is 2.32. The van der Waals surface area contributed by atoms with Gasteiger partial charge in [0.05, 0.1) is 0 Å². The minimum Gasteiger partial charge on any atom is -0.295 e. The van der Waals surface area contributed by atoms with Crippen molar-refractivity contribution < 1.29 is 0 Å². The summed E-state index contributed by atoms with van der Waals surface area (Å²) < 4.78 is 2.20. The third kappa shape index (κ3) is 1.19. The topological polar surface area (TPSA) is 6.48 Å². The molecule has 2 aliphatic rings. The van der Waals surface area contributed by atoms with E-state index in [2.05, 4.69) is 35.9 Å². The van der Waals surface area contributed by atoms with Crippen LogP contribution in [0.2, 0.25) is 0 Å². The zero-order chi connectivity index (χ0) is 8.01. The first-order valence-electron chi connectivity index (χ1n) is 4.39. The Bertz CT molecular complexity index is 158. The molecule has 0 spiro atoms. The monoisotopic (exact) mass is 172 g/mol. The quantitative estimate of drug-likeness (QED) is 0.590. The van der Waals surface area contributed by atoms with Gasteiger partial charge in [-0.2, -0.15) is 0 Å². The highest BCUT2D eigenvalue weighted by atomic mass is 32.1. The van der Waals surface area contributed by atoms with Crippen molar-refractivity contribution in [2.24, 2.45) is 0 Å². The van der Waals surface area contributed by atoms with Crippen LogP contribution in [0.25, 0.3) is 0 Å². The molecule has 0 aromatic rings. The summed E-state index contributed by atoms with van der Waals surface area (Å²) in [6, 6.07) is 2.23. The molecule has 0 saturated carbocycles. The maximum absolute atomic E-state index is 4.41. The van der Waals surface area contributed by atoms with Crippen molar-refractivity contribution in [3.8, 4) is 0 Å². The Morgan fingerprint density at radius 1 is 1.27 bits per heavy atom. The van der Waals surface area contributed by atoms with Gasteiger partial charge < -0.3 is 0 Å². The van der Waals surface area contributed by atoms with Gasteiger partial charge in [0.25, 0.3) is 0 Å². The van der Waals surface area contributed by atoms with E-state index in [4.69, 9.17) is 0 Å². The van der Waals surface area contributed by atoms with E-state index in [0.717, 1.165) is 18.6 Å². The Morgan fingerprint density at radius 3 is 2.36 bits per heavy atom. The van der Waals surface area contributed by atoms with Crippen LogP contribution in [-0.2, 0) is 0 Å². The second kappa shape index (κ2) is 2.64. The Morgan fingerprint density at radius 2 is 2.00 bits per heavy atom. The lowest BCUT2D eigenvalue weighted by molar-refractivity contribution is 0.152. The lowest BCUT2D eigenvalue weighted by Gasteiger charge is -2.33. The fourth-order valence-corrected chi connectivity index (χ4v) is 2.67. The standard InChI is InChI=1S/C8H16N2S/c1-6(2)9-4-8-3-7(9)5-10(8)11/h6-8,11H,3-5H2,1-2H3. The molecule has 3 heteroatoms. The van der Waals surface area contributed by atoms with Gasteiger partial charge in [0, 0.05) is 31.2 Å². The second-order valence-corrected chi connectivity index (χ2v) is 4.47. The molecule has 2 rings (SSSR count). The van der Waals surface area contributed by atoms with Gasteiger partial charge >= 0.3 is 0 Å². The molecule has 0 aromatic heterocycles. The van der Waals surface area contributed by atoms with Crippen molar-refractivity contribution in [3.63, 3.8) is 0 Å². The predicted molar refractivity (Wildman–Crippen MR) is 49.7 cm³/mol. The maximum atomic E-state index is 4.41. The van der Waals surface area contributed by atoms with Gasteiger partial charge in [-0.15, -0.1) is 0 Å². The van der Waals surface area contributed by atoms with E-state index in [1.54, 1.807) is 0 Å². The first-order valence-corrected chi connectivity index (χ1v) is 4.79. The summed E-state index contributed by atoms with van der Waals surface area (Å²) in [4.78, 5) is 2.59. The number of rotatable bonds is 1. The molecule has 11 heavy (non-hydrogen) atoms. The molecule has 2 saturated heterocycles. The van der Waals surface area contributed by atoms with Crippen molar-refractivity contribution in [2.45, 2.75) is 38.4 Å². The molecule has 0 radical (unpaired) electrons. The molecule has 0 N–H and O–H groups in total. The summed E-state index contributed by atoms with van der Waals surface area (Å²) in [7, 11) is 0. The molecule has 0 amide bonds. The molecule has 2 nitrogen and oxygen atoms in total. The third-order valence-corrected chi connectivity index (χ3v) is 3.41. The average Bonchev–Trinajstić information content (AvgIpc) is 2.43. The highest BCUT2D eigenvalue weighted by molar-refractivity contribution is 7.77. The van der Waals surface area contributed by atoms with Crippen LogP contribution in [0, 0.1) is 0 Å². The molecule has 2 fully saturated rings. The number of likely N-dealkylation sites (tertiary alicyclic amines) is 1. The number of thiol groups is 1. The molecule has 2 unspecified atom stereocenters. The zero-order valence-corrected chi connectivity index (χ0v) is 8.09. The van der Waals surface area contributed by atoms with E-state index in [-0.39, 0.29) is 0 Å². The Balaban J connectivity index is 2.02. The molecule has 0 aliphatic carbocycles. The lowest BCUT2D eigenvalue weighted by Crippen LogP contribution is -2.45. The van der Waals surface area contributed by atoms with Crippen molar-refractivity contribution in [2.75, 3.05) is 13.1 Å². The minimum absolute atomic E-state index is 0.715. The Hall–Kier alpha value is 0.270. The normalized spacial score (nSPS) is 39.3. The molecule has 2 heterocycles. The molecule has 64 valence electrons. The summed E-state index contributed by atoms with van der Waals surface area (Å²) in [5.41, 5.74) is 0. The van der Waals surface area contributed by atoms with Crippen LogP contribution in [0.1, 0.15) is 20.3 Å². The smallest absolute Gasteiger partial charge is 0.0343 e. The van der Waals surface area contributed by atoms with E-state index in [1.807, 2.05) is 0 Å². The van der Waals surface area contributed by atoms with Gasteiger partial charge in [0.15, 0.2) is 0 Å². The second-order valence-electron chi connectivity index (χ2n) is 3.96. The van der Waals surface area contributed by atoms with Gasteiger partial charge in [-0.05, 0) is 20.3 Å². The van der Waals surface area contributed by atoms with Crippen LogP contribution in [0.5, 0.6) is 0 Å². The summed E-state index contributed by atoms with van der Waals surface area (Å²) in [5.74, 6) is 0. The van der Waals surface area contributed by atoms with Crippen molar-refractivity contribution in [1.29, 1.82) is 0 Å². The molecule has 2 bridgehead atoms. The summed E-state index contributed by atoms with van der Waals surface area (Å²) in [6.07, 6.45) is 1.34. The summed E-state index contributed by atoms with van der Waals surface area (Å²) >= 11 is 4.41. The molecule has 2 atom stereocenters. The van der Waals surface area contributed by atoms with E-state index < -0.39 is 0 Å². The van der Waals surface area contributed by atoms with Crippen LogP contribution < -0.4 is 0 Å². The lowest BCUT2D eigenvalue weighted by atomic mass is 10.2. The van der Waals surface area contributed by atoms with Gasteiger partial charge in [-0.25, -0.2) is 4.31 Å².